The van der Waals surface area contributed by atoms with E-state index in [0.29, 0.717) is 0 Å². The quantitative estimate of drug-likeness (QED) is 0.358. The molecule has 0 spiro atoms. The third-order valence-corrected chi connectivity index (χ3v) is 7.82. The molecule has 0 nitrogen and oxygen atoms in total. The molecular formula is C16H28Br2P2Zr+2. The molecule has 2 aliphatic rings. The van der Waals surface area contributed by atoms with Gasteiger partial charge in [0.1, 0.15) is 21.9 Å². The van der Waals surface area contributed by atoms with E-state index in [4.69, 9.17) is 0 Å². The van der Waals surface area contributed by atoms with E-state index in [-0.39, 0.29) is 60.2 Å². The molecule has 4 unspecified atom stereocenters. The van der Waals surface area contributed by atoms with Crippen molar-refractivity contribution >= 4 is 27.0 Å². The van der Waals surface area contributed by atoms with Crippen LogP contribution in [0.2, 0.25) is 0 Å². The first-order valence-corrected chi connectivity index (χ1v) is 8.96. The van der Waals surface area contributed by atoms with Gasteiger partial charge in [0.05, 0.1) is 16.4 Å². The van der Waals surface area contributed by atoms with Gasteiger partial charge in [-0.1, -0.05) is 0 Å². The Morgan fingerprint density at radius 3 is 0.905 bits per heavy atom. The molecule has 4 atom stereocenters. The SMILES string of the molecule is CC1=[PH+]C(C)C(C)=C1C.CC1=[PH+]C(C)C(C)=C1C.[Br-].[Br-].[Zr+2]. The monoisotopic (exact) mass is 530 g/mol. The molecule has 118 valence electrons. The van der Waals surface area contributed by atoms with Gasteiger partial charge in [0.15, 0.2) is 0 Å². The van der Waals surface area contributed by atoms with E-state index in [2.05, 4.69) is 55.4 Å². The van der Waals surface area contributed by atoms with Crippen molar-refractivity contribution in [3.63, 3.8) is 0 Å². The van der Waals surface area contributed by atoms with Crippen LogP contribution in [0.4, 0.5) is 0 Å². The van der Waals surface area contributed by atoms with Crippen molar-refractivity contribution in [1.82, 2.24) is 0 Å². The number of rotatable bonds is 0. The summed E-state index contributed by atoms with van der Waals surface area (Å²) >= 11 is 0. The van der Waals surface area contributed by atoms with Gasteiger partial charge in [0, 0.05) is 13.8 Å². The van der Waals surface area contributed by atoms with Crippen LogP contribution in [-0.2, 0) is 26.2 Å². The minimum atomic E-state index is 0. The van der Waals surface area contributed by atoms with Crippen molar-refractivity contribution in [3.8, 4) is 0 Å². The van der Waals surface area contributed by atoms with Gasteiger partial charge in [-0.25, -0.2) is 0 Å². The fourth-order valence-corrected chi connectivity index (χ4v) is 5.32. The van der Waals surface area contributed by atoms with Crippen molar-refractivity contribution in [2.75, 3.05) is 0 Å². The van der Waals surface area contributed by atoms with E-state index >= 15 is 0 Å². The van der Waals surface area contributed by atoms with Crippen molar-refractivity contribution < 1.29 is 60.2 Å². The predicted molar refractivity (Wildman–Crippen MR) is 93.7 cm³/mol. The zero-order valence-electron chi connectivity index (χ0n) is 14.4. The second-order valence-electron chi connectivity index (χ2n) is 5.60. The van der Waals surface area contributed by atoms with Crippen molar-refractivity contribution in [2.24, 2.45) is 0 Å². The molecule has 0 aromatic rings. The van der Waals surface area contributed by atoms with Gasteiger partial charge in [-0.05, 0) is 63.8 Å². The smallest absolute Gasteiger partial charge is 1.00 e. The molecule has 2 heterocycles. The molecule has 0 saturated carbocycles. The molecule has 0 aromatic carbocycles. The minimum Gasteiger partial charge on any atom is -1.00 e. The maximum atomic E-state index is 2.31. The maximum Gasteiger partial charge on any atom is 2.00 e. The molecule has 0 aromatic heterocycles. The van der Waals surface area contributed by atoms with Crippen LogP contribution in [0.1, 0.15) is 55.4 Å². The first-order valence-electron chi connectivity index (χ1n) is 6.81. The molecule has 0 amide bonds. The molecule has 2 rings (SSSR count). The first kappa shape index (κ1) is 27.5. The zero-order chi connectivity index (χ0) is 14.0. The summed E-state index contributed by atoms with van der Waals surface area (Å²) in [6.45, 7) is 18.1. The van der Waals surface area contributed by atoms with Crippen LogP contribution < -0.4 is 34.0 Å². The van der Waals surface area contributed by atoms with Crippen LogP contribution in [0.25, 0.3) is 0 Å². The third kappa shape index (κ3) is 7.39. The Morgan fingerprint density at radius 1 is 0.619 bits per heavy atom. The van der Waals surface area contributed by atoms with Crippen molar-refractivity contribution in [3.05, 3.63) is 22.3 Å². The summed E-state index contributed by atoms with van der Waals surface area (Å²) < 4.78 is 0. The van der Waals surface area contributed by atoms with Crippen LogP contribution in [0.3, 0.4) is 0 Å². The van der Waals surface area contributed by atoms with Gasteiger partial charge in [0.2, 0.25) is 0 Å². The van der Waals surface area contributed by atoms with Crippen molar-refractivity contribution in [1.29, 1.82) is 0 Å². The normalized spacial score (nSPS) is 24.8. The molecule has 0 saturated heterocycles. The van der Waals surface area contributed by atoms with Crippen LogP contribution in [-0.4, -0.2) is 21.9 Å². The summed E-state index contributed by atoms with van der Waals surface area (Å²) in [4.78, 5) is 0. The molecule has 0 aliphatic carbocycles. The Hall–Kier alpha value is 1.66. The van der Waals surface area contributed by atoms with E-state index in [1.54, 1.807) is 32.9 Å². The van der Waals surface area contributed by atoms with Crippen molar-refractivity contribution in [2.45, 2.75) is 66.7 Å². The van der Waals surface area contributed by atoms with E-state index in [1.807, 2.05) is 0 Å². The summed E-state index contributed by atoms with van der Waals surface area (Å²) in [5, 5.41) is 3.22. The molecule has 5 heteroatoms. The minimum absolute atomic E-state index is 0. The molecule has 0 N–H and O–H groups in total. The molecule has 21 heavy (non-hydrogen) atoms. The second-order valence-corrected chi connectivity index (χ2v) is 9.41. The molecule has 0 radical (unpaired) electrons. The zero-order valence-corrected chi connectivity index (χ0v) is 22.0. The first-order chi connectivity index (χ1) is 8.25. The van der Waals surface area contributed by atoms with Gasteiger partial charge in [0.25, 0.3) is 0 Å². The van der Waals surface area contributed by atoms with E-state index in [1.165, 1.54) is 0 Å². The molecule has 0 bridgehead atoms. The Labute approximate surface area is 174 Å². The predicted octanol–water partition coefficient (Wildman–Crippen LogP) is -0.803. The van der Waals surface area contributed by atoms with Gasteiger partial charge >= 0.3 is 26.2 Å². The fraction of sp³-hybridized carbons (Fsp3) is 0.625. The summed E-state index contributed by atoms with van der Waals surface area (Å²) in [6, 6.07) is 0. The summed E-state index contributed by atoms with van der Waals surface area (Å²) in [6.07, 6.45) is 0. The van der Waals surface area contributed by atoms with Gasteiger partial charge in [-0.2, -0.15) is 0 Å². The number of hydrogen-bond acceptors (Lipinski definition) is 0. The summed E-state index contributed by atoms with van der Waals surface area (Å²) in [5.41, 5.74) is 7.99. The van der Waals surface area contributed by atoms with Crippen LogP contribution in [0, 0.1) is 0 Å². The van der Waals surface area contributed by atoms with Gasteiger partial charge in [-0.15, -0.1) is 0 Å². The van der Waals surface area contributed by atoms with Crippen LogP contribution in [0.5, 0.6) is 0 Å². The summed E-state index contributed by atoms with van der Waals surface area (Å²) in [5.74, 6) is 0. The largest absolute Gasteiger partial charge is 2.00 e. The number of halogens is 2. The van der Waals surface area contributed by atoms with Gasteiger partial charge < -0.3 is 34.0 Å². The maximum absolute atomic E-state index is 2.31. The van der Waals surface area contributed by atoms with Crippen LogP contribution in [0.15, 0.2) is 22.3 Å². The Kier molecular flexibility index (Phi) is 15.8. The Balaban J connectivity index is -0.000000270. The number of hydrogen-bond donors (Lipinski definition) is 0. The average Bonchev–Trinajstić information content (AvgIpc) is 2.66. The topological polar surface area (TPSA) is 0 Å². The van der Waals surface area contributed by atoms with E-state index < -0.39 is 0 Å². The van der Waals surface area contributed by atoms with E-state index in [0.717, 1.165) is 27.7 Å². The second kappa shape index (κ2) is 12.1. The molecular weight excluding hydrogens is 505 g/mol. The van der Waals surface area contributed by atoms with E-state index in [9.17, 15) is 0 Å². The summed E-state index contributed by atoms with van der Waals surface area (Å²) in [7, 11) is 2.12. The standard InChI is InChI=1S/2C8H13P.2BrH.Zr/c2*1-5-6(2)8(4)9-7(5)3;;;/h2*7H,1-4H3;2*1H;/q;;;;+2. The van der Waals surface area contributed by atoms with Crippen LogP contribution >= 0.6 is 16.4 Å². The average molecular weight is 533 g/mol. The van der Waals surface area contributed by atoms with Gasteiger partial charge in [-0.3, -0.25) is 0 Å². The molecule has 2 aliphatic heterocycles. The fourth-order valence-electron chi connectivity index (χ4n) is 2.32. The third-order valence-electron chi connectivity index (χ3n) is 4.47. The molecule has 0 fully saturated rings. The Bertz CT molecular complexity index is 433. The Morgan fingerprint density at radius 2 is 0.857 bits per heavy atom. The number of allylic oxidation sites excluding steroid dienone is 4.